The molecule has 19 heteroatoms. The van der Waals surface area contributed by atoms with Crippen molar-refractivity contribution in [3.05, 3.63) is 46.4 Å². The number of halogens is 4. The summed E-state index contributed by atoms with van der Waals surface area (Å²) in [7, 11) is -4.30. The molecule has 0 unspecified atom stereocenters. The van der Waals surface area contributed by atoms with Crippen molar-refractivity contribution in [1.82, 2.24) is 9.44 Å². The predicted molar refractivity (Wildman–Crippen MR) is 136 cm³/mol. The third-order valence-electron chi connectivity index (χ3n) is 4.78. The summed E-state index contributed by atoms with van der Waals surface area (Å²) in [6, 6.07) is 8.22. The van der Waals surface area contributed by atoms with Crippen LogP contribution in [0.3, 0.4) is 0 Å². The molecule has 228 valence electrons. The maximum Gasteiger partial charge on any atom is 2.00 e. The summed E-state index contributed by atoms with van der Waals surface area (Å²) in [6.45, 7) is 4.72. The average Bonchev–Trinajstić information content (AvgIpc) is 2.88. The predicted octanol–water partition coefficient (Wildman–Crippen LogP) is -7.47. The molecule has 0 radical (unpaired) electrons. The standard InChI is InChI=1S/2C11H16N3O3S.4ClH.Zn/c2*1-3-4-7-13-18(15,16)9-5-6-11(17-2)10(8-9)14-12;;;;;/h2*5-6,8,13H,3-4,7H2,1-2H3;4*1H;/q2*+1;;;;;+2/p-4. The van der Waals surface area contributed by atoms with Crippen LogP contribution >= 0.6 is 0 Å². The largest absolute Gasteiger partial charge is 2.00 e. The molecule has 0 aliphatic carbocycles. The van der Waals surface area contributed by atoms with Crippen molar-refractivity contribution in [2.45, 2.75) is 49.3 Å². The fourth-order valence-corrected chi connectivity index (χ4v) is 4.95. The zero-order valence-electron chi connectivity index (χ0n) is 23.0. The Morgan fingerprint density at radius 3 is 1.24 bits per heavy atom. The Hall–Kier alpha value is -1.52. The van der Waals surface area contributed by atoms with Crippen LogP contribution in [0.2, 0.25) is 0 Å². The van der Waals surface area contributed by atoms with E-state index < -0.39 is 20.0 Å². The van der Waals surface area contributed by atoms with Gasteiger partial charge in [-0.05, 0) is 37.1 Å². The molecule has 2 aromatic rings. The third kappa shape index (κ3) is 16.1. The van der Waals surface area contributed by atoms with Gasteiger partial charge in [-0.25, -0.2) is 26.3 Å². The first-order valence-corrected chi connectivity index (χ1v) is 14.1. The van der Waals surface area contributed by atoms with Crippen LogP contribution in [0.4, 0.5) is 11.4 Å². The van der Waals surface area contributed by atoms with Gasteiger partial charge in [-0.3, -0.25) is 0 Å². The summed E-state index contributed by atoms with van der Waals surface area (Å²) in [6.07, 6.45) is 3.35. The van der Waals surface area contributed by atoms with Crippen LogP contribution in [0.25, 0.3) is 9.95 Å². The molecule has 0 aromatic heterocycles. The van der Waals surface area contributed by atoms with E-state index in [0.717, 1.165) is 25.7 Å². The van der Waals surface area contributed by atoms with E-state index in [1.807, 2.05) is 13.8 Å². The number of unbranched alkanes of at least 4 members (excludes halogenated alkanes) is 2. The summed E-state index contributed by atoms with van der Waals surface area (Å²) < 4.78 is 62.4. The molecule has 0 amide bonds. The molecule has 2 aromatic carbocycles. The minimum atomic E-state index is -3.57. The molecule has 0 aliphatic rings. The van der Waals surface area contributed by atoms with Crippen molar-refractivity contribution in [1.29, 1.82) is 10.8 Å². The number of rotatable bonds is 12. The first-order chi connectivity index (χ1) is 17.1. The molecular formula is C22H32Cl4N6O6S2Zn. The molecule has 0 atom stereocenters. The minimum absolute atomic E-state index is 0. The number of methoxy groups -OCH3 is 2. The van der Waals surface area contributed by atoms with Crippen molar-refractivity contribution < 1.29 is 95.4 Å². The third-order valence-corrected chi connectivity index (χ3v) is 7.70. The fraction of sp³-hybridized carbons (Fsp3) is 0.455. The molecule has 2 N–H and O–H groups in total. The zero-order chi connectivity index (χ0) is 27.2. The molecule has 0 saturated heterocycles. The molecule has 0 bridgehead atoms. The number of nitrogens with zero attached hydrogens (tertiary/aromatic N) is 4. The molecule has 41 heavy (non-hydrogen) atoms. The average molecular weight is 748 g/mol. The Morgan fingerprint density at radius 2 is 1.00 bits per heavy atom. The molecule has 0 aliphatic heterocycles. The van der Waals surface area contributed by atoms with E-state index in [9.17, 15) is 16.8 Å². The number of sulfonamides is 2. The van der Waals surface area contributed by atoms with Crippen molar-refractivity contribution in [2.75, 3.05) is 27.3 Å². The van der Waals surface area contributed by atoms with Gasteiger partial charge in [-0.15, -0.1) is 0 Å². The van der Waals surface area contributed by atoms with Crippen LogP contribution in [-0.4, -0.2) is 44.1 Å². The first-order valence-electron chi connectivity index (χ1n) is 11.2. The number of hydrogen-bond donors (Lipinski definition) is 2. The van der Waals surface area contributed by atoms with Crippen molar-refractivity contribution in [3.8, 4) is 11.5 Å². The topological polar surface area (TPSA) is 167 Å². The van der Waals surface area contributed by atoms with Gasteiger partial charge < -0.3 is 59.1 Å². The fourth-order valence-electron chi connectivity index (χ4n) is 2.76. The van der Waals surface area contributed by atoms with E-state index >= 15 is 0 Å². The number of benzene rings is 2. The maximum absolute atomic E-state index is 11.9. The monoisotopic (exact) mass is 744 g/mol. The minimum Gasteiger partial charge on any atom is -1.00 e. The van der Waals surface area contributed by atoms with Gasteiger partial charge in [-0.1, -0.05) is 26.7 Å². The maximum atomic E-state index is 11.9. The summed E-state index contributed by atoms with van der Waals surface area (Å²) >= 11 is 0. The second-order valence-corrected chi connectivity index (χ2v) is 10.9. The molecule has 0 fully saturated rings. The molecular weight excluding hydrogens is 716 g/mol. The molecule has 12 nitrogen and oxygen atoms in total. The Kier molecular flexibility index (Phi) is 30.0. The van der Waals surface area contributed by atoms with E-state index in [1.54, 1.807) is 0 Å². The van der Waals surface area contributed by atoms with Crippen LogP contribution in [-0.2, 0) is 39.5 Å². The van der Waals surface area contributed by atoms with Crippen LogP contribution in [0.5, 0.6) is 11.5 Å². The summed E-state index contributed by atoms with van der Waals surface area (Å²) in [4.78, 5) is 6.09. The molecule has 0 saturated carbocycles. The van der Waals surface area contributed by atoms with Gasteiger partial charge in [0.2, 0.25) is 42.3 Å². The number of ether oxygens (including phenoxy) is 2. The van der Waals surface area contributed by atoms with Crippen molar-refractivity contribution in [3.63, 3.8) is 0 Å². The molecule has 0 spiro atoms. The van der Waals surface area contributed by atoms with Gasteiger partial charge in [0, 0.05) is 13.1 Å². The van der Waals surface area contributed by atoms with Crippen LogP contribution < -0.4 is 68.5 Å². The quantitative estimate of drug-likeness (QED) is 0.123. The van der Waals surface area contributed by atoms with Crippen LogP contribution in [0, 0.1) is 10.8 Å². The summed E-state index contributed by atoms with van der Waals surface area (Å²) in [5.74, 6) is 0.620. The van der Waals surface area contributed by atoms with Gasteiger partial charge in [0.25, 0.3) is 0 Å². The smallest absolute Gasteiger partial charge is 1.00 e. The summed E-state index contributed by atoms with van der Waals surface area (Å²) in [5.41, 5.74) is 0.159. The second kappa shape index (κ2) is 25.0. The van der Waals surface area contributed by atoms with E-state index in [-0.39, 0.29) is 90.3 Å². The van der Waals surface area contributed by atoms with E-state index in [4.69, 9.17) is 20.3 Å². The van der Waals surface area contributed by atoms with Gasteiger partial charge in [0.15, 0.2) is 9.95 Å². The SMILES string of the molecule is CCCCNS(=O)(=O)c1ccc(OC)c([N+]#N)c1.CCCCNS(=O)(=O)c1ccc(OC)c([N+]#N)c1.[Cl-].[Cl-].[Cl-].[Cl-].[Zn+2]. The van der Waals surface area contributed by atoms with Crippen molar-refractivity contribution >= 4 is 31.4 Å². The number of hydrogen-bond acceptors (Lipinski definition) is 8. The Balaban J connectivity index is -0.000000188. The second-order valence-electron chi connectivity index (χ2n) is 7.37. The Labute approximate surface area is 279 Å². The van der Waals surface area contributed by atoms with Gasteiger partial charge in [0.05, 0.1) is 36.1 Å². The normalized spacial score (nSPS) is 9.61. The van der Waals surface area contributed by atoms with Crippen LogP contribution in [0.15, 0.2) is 46.2 Å². The number of diazo groups is 2. The first kappa shape index (κ1) is 49.2. The van der Waals surface area contributed by atoms with E-state index in [1.165, 1.54) is 50.6 Å². The van der Waals surface area contributed by atoms with Gasteiger partial charge in [-0.2, -0.15) is 0 Å². The molecule has 2 rings (SSSR count). The van der Waals surface area contributed by atoms with E-state index in [0.29, 0.717) is 24.6 Å². The zero-order valence-corrected chi connectivity index (χ0v) is 30.6. The molecule has 0 heterocycles. The van der Waals surface area contributed by atoms with Crippen LogP contribution in [0.1, 0.15) is 39.5 Å². The Morgan fingerprint density at radius 1 is 0.683 bits per heavy atom. The van der Waals surface area contributed by atoms with Gasteiger partial charge >= 0.3 is 30.9 Å². The number of nitrogens with one attached hydrogen (secondary N) is 2. The van der Waals surface area contributed by atoms with Gasteiger partial charge in [0.1, 0.15) is 0 Å². The van der Waals surface area contributed by atoms with Crippen molar-refractivity contribution in [2.24, 2.45) is 0 Å². The van der Waals surface area contributed by atoms with E-state index in [2.05, 4.69) is 19.4 Å². The Bertz CT molecular complexity index is 1230. The summed E-state index contributed by atoms with van der Waals surface area (Å²) in [5, 5.41) is 17.6.